The highest BCUT2D eigenvalue weighted by molar-refractivity contribution is 5.87. The Labute approximate surface area is 114 Å². The minimum atomic E-state index is -1.01. The zero-order valence-corrected chi connectivity index (χ0v) is 11.6. The predicted octanol–water partition coefficient (Wildman–Crippen LogP) is 1.55. The van der Waals surface area contributed by atoms with Crippen LogP contribution < -0.4 is 11.1 Å². The van der Waals surface area contributed by atoms with Gasteiger partial charge in [0, 0.05) is 13.7 Å². The molecule has 0 spiro atoms. The summed E-state index contributed by atoms with van der Waals surface area (Å²) in [6, 6.07) is 9.42. The summed E-state index contributed by atoms with van der Waals surface area (Å²) >= 11 is 0. The molecule has 1 amide bonds. The molecule has 1 unspecified atom stereocenters. The van der Waals surface area contributed by atoms with Gasteiger partial charge in [-0.15, -0.1) is 0 Å². The lowest BCUT2D eigenvalue weighted by atomic mass is 9.79. The minimum absolute atomic E-state index is 0.165. The van der Waals surface area contributed by atoms with Gasteiger partial charge in [-0.1, -0.05) is 30.3 Å². The molecule has 1 fully saturated rings. The van der Waals surface area contributed by atoms with Crippen molar-refractivity contribution in [1.82, 2.24) is 5.32 Å². The number of nitrogens with two attached hydrogens (primary N) is 1. The molecule has 1 aliphatic carbocycles. The Balaban J connectivity index is 1.99. The van der Waals surface area contributed by atoms with E-state index in [-0.39, 0.29) is 11.5 Å². The van der Waals surface area contributed by atoms with Gasteiger partial charge in [-0.25, -0.2) is 0 Å². The van der Waals surface area contributed by atoms with Crippen LogP contribution in [0.3, 0.4) is 0 Å². The summed E-state index contributed by atoms with van der Waals surface area (Å²) in [6.07, 6.45) is 3.15. The van der Waals surface area contributed by atoms with Gasteiger partial charge in [-0.2, -0.15) is 0 Å². The van der Waals surface area contributed by atoms with Gasteiger partial charge in [0.15, 0.2) is 0 Å². The molecular weight excluding hydrogens is 240 g/mol. The third-order valence-electron chi connectivity index (χ3n) is 4.11. The fourth-order valence-electron chi connectivity index (χ4n) is 2.36. The lowest BCUT2D eigenvalue weighted by Gasteiger charge is -2.41. The summed E-state index contributed by atoms with van der Waals surface area (Å²) in [5.41, 5.74) is 5.78. The van der Waals surface area contributed by atoms with Gasteiger partial charge >= 0.3 is 0 Å². The van der Waals surface area contributed by atoms with Crippen molar-refractivity contribution >= 4 is 5.91 Å². The number of methoxy groups -OCH3 is 1. The van der Waals surface area contributed by atoms with Crippen molar-refractivity contribution in [2.45, 2.75) is 37.3 Å². The molecule has 0 aromatic heterocycles. The van der Waals surface area contributed by atoms with Crippen LogP contribution in [-0.2, 0) is 15.1 Å². The SMILES string of the molecule is COC1(CNC(=O)C(C)(N)c2ccccc2)CCC1. The van der Waals surface area contributed by atoms with E-state index in [1.54, 1.807) is 14.0 Å². The number of carbonyl (C=O) groups excluding carboxylic acids is 1. The van der Waals surface area contributed by atoms with Gasteiger partial charge in [0.1, 0.15) is 5.54 Å². The molecule has 1 aliphatic rings. The van der Waals surface area contributed by atoms with Crippen LogP contribution >= 0.6 is 0 Å². The number of ether oxygens (including phenoxy) is 1. The molecule has 4 heteroatoms. The van der Waals surface area contributed by atoms with E-state index in [2.05, 4.69) is 5.32 Å². The van der Waals surface area contributed by atoms with E-state index in [9.17, 15) is 4.79 Å². The summed E-state index contributed by atoms with van der Waals surface area (Å²) in [5.74, 6) is -0.165. The second kappa shape index (κ2) is 5.31. The van der Waals surface area contributed by atoms with Crippen LogP contribution in [0.2, 0.25) is 0 Å². The predicted molar refractivity (Wildman–Crippen MR) is 74.6 cm³/mol. The molecular formula is C15H22N2O2. The van der Waals surface area contributed by atoms with Crippen LogP contribution in [0.1, 0.15) is 31.7 Å². The average molecular weight is 262 g/mol. The monoisotopic (exact) mass is 262 g/mol. The van der Waals surface area contributed by atoms with Crippen molar-refractivity contribution in [3.8, 4) is 0 Å². The Morgan fingerprint density at radius 1 is 1.42 bits per heavy atom. The van der Waals surface area contributed by atoms with Crippen LogP contribution in [0.15, 0.2) is 30.3 Å². The zero-order valence-electron chi connectivity index (χ0n) is 11.6. The highest BCUT2D eigenvalue weighted by Gasteiger charge is 2.39. The first kappa shape index (κ1) is 14.0. The molecule has 104 valence electrons. The summed E-state index contributed by atoms with van der Waals surface area (Å²) in [4.78, 5) is 12.3. The molecule has 1 atom stereocenters. The maximum atomic E-state index is 12.3. The van der Waals surface area contributed by atoms with Gasteiger partial charge < -0.3 is 15.8 Å². The number of hydrogen-bond acceptors (Lipinski definition) is 3. The maximum Gasteiger partial charge on any atom is 0.244 e. The van der Waals surface area contributed by atoms with E-state index in [0.717, 1.165) is 24.8 Å². The first-order valence-corrected chi connectivity index (χ1v) is 6.68. The Hall–Kier alpha value is -1.39. The molecule has 2 rings (SSSR count). The van der Waals surface area contributed by atoms with E-state index < -0.39 is 5.54 Å². The van der Waals surface area contributed by atoms with Crippen molar-refractivity contribution in [2.24, 2.45) is 5.73 Å². The molecule has 0 bridgehead atoms. The number of hydrogen-bond donors (Lipinski definition) is 2. The molecule has 1 aromatic rings. The summed E-state index contributed by atoms with van der Waals surface area (Å²) < 4.78 is 5.49. The fourth-order valence-corrected chi connectivity index (χ4v) is 2.36. The van der Waals surface area contributed by atoms with Gasteiger partial charge in [0.2, 0.25) is 5.91 Å². The lowest BCUT2D eigenvalue weighted by Crippen LogP contribution is -2.55. The molecule has 0 aliphatic heterocycles. The molecule has 4 nitrogen and oxygen atoms in total. The van der Waals surface area contributed by atoms with Crippen LogP contribution in [0, 0.1) is 0 Å². The molecule has 0 radical (unpaired) electrons. The number of amides is 1. The van der Waals surface area contributed by atoms with Crippen molar-refractivity contribution in [3.05, 3.63) is 35.9 Å². The smallest absolute Gasteiger partial charge is 0.244 e. The minimum Gasteiger partial charge on any atom is -0.376 e. The first-order valence-electron chi connectivity index (χ1n) is 6.68. The van der Waals surface area contributed by atoms with Crippen molar-refractivity contribution in [2.75, 3.05) is 13.7 Å². The molecule has 0 heterocycles. The number of carbonyl (C=O) groups is 1. The van der Waals surface area contributed by atoms with Crippen LogP contribution in [0.5, 0.6) is 0 Å². The average Bonchev–Trinajstić information content (AvgIpc) is 2.38. The standard InChI is InChI=1S/C15H22N2O2/c1-14(16,12-7-4-3-5-8-12)13(18)17-11-15(19-2)9-6-10-15/h3-5,7-8H,6,9-11,16H2,1-2H3,(H,17,18). The Kier molecular flexibility index (Phi) is 3.92. The van der Waals surface area contributed by atoms with Gasteiger partial charge in [0.25, 0.3) is 0 Å². The molecule has 1 aromatic carbocycles. The summed E-state index contributed by atoms with van der Waals surface area (Å²) in [6.45, 7) is 2.26. The third kappa shape index (κ3) is 2.80. The molecule has 19 heavy (non-hydrogen) atoms. The maximum absolute atomic E-state index is 12.3. The van der Waals surface area contributed by atoms with Gasteiger partial charge in [-0.05, 0) is 31.7 Å². The fraction of sp³-hybridized carbons (Fsp3) is 0.533. The number of nitrogens with one attached hydrogen (secondary N) is 1. The molecule has 0 saturated heterocycles. The van der Waals surface area contributed by atoms with Crippen LogP contribution in [-0.4, -0.2) is 25.2 Å². The third-order valence-corrected chi connectivity index (χ3v) is 4.11. The normalized spacial score (nSPS) is 20.2. The lowest BCUT2D eigenvalue weighted by molar-refractivity contribution is -0.129. The van der Waals surface area contributed by atoms with E-state index in [1.807, 2.05) is 30.3 Å². The van der Waals surface area contributed by atoms with Crippen molar-refractivity contribution in [1.29, 1.82) is 0 Å². The first-order chi connectivity index (χ1) is 9.00. The van der Waals surface area contributed by atoms with Crippen LogP contribution in [0.4, 0.5) is 0 Å². The summed E-state index contributed by atoms with van der Waals surface area (Å²) in [7, 11) is 1.70. The van der Waals surface area contributed by atoms with E-state index in [0.29, 0.717) is 6.54 Å². The van der Waals surface area contributed by atoms with Gasteiger partial charge in [-0.3, -0.25) is 4.79 Å². The van der Waals surface area contributed by atoms with Crippen LogP contribution in [0.25, 0.3) is 0 Å². The largest absolute Gasteiger partial charge is 0.376 e. The second-order valence-corrected chi connectivity index (χ2v) is 5.49. The zero-order chi connectivity index (χ0) is 13.9. The molecule has 1 saturated carbocycles. The topological polar surface area (TPSA) is 64.3 Å². The van der Waals surface area contributed by atoms with Crippen molar-refractivity contribution < 1.29 is 9.53 Å². The highest BCUT2D eigenvalue weighted by Crippen LogP contribution is 2.34. The highest BCUT2D eigenvalue weighted by atomic mass is 16.5. The van der Waals surface area contributed by atoms with Crippen molar-refractivity contribution in [3.63, 3.8) is 0 Å². The van der Waals surface area contributed by atoms with Gasteiger partial charge in [0.05, 0.1) is 5.60 Å². The molecule has 3 N–H and O–H groups in total. The quantitative estimate of drug-likeness (QED) is 0.846. The Bertz CT molecular complexity index is 433. The van der Waals surface area contributed by atoms with E-state index in [1.165, 1.54) is 0 Å². The summed E-state index contributed by atoms with van der Waals surface area (Å²) in [5, 5.41) is 2.93. The second-order valence-electron chi connectivity index (χ2n) is 5.49. The number of rotatable bonds is 5. The van der Waals surface area contributed by atoms with E-state index >= 15 is 0 Å². The van der Waals surface area contributed by atoms with E-state index in [4.69, 9.17) is 10.5 Å². The number of benzene rings is 1. The Morgan fingerprint density at radius 3 is 2.53 bits per heavy atom. The Morgan fingerprint density at radius 2 is 2.05 bits per heavy atom.